The number of hydrogen-bond acceptors (Lipinski definition) is 3. The van der Waals surface area contributed by atoms with E-state index in [1.165, 1.54) is 25.6 Å². The van der Waals surface area contributed by atoms with Gasteiger partial charge in [0.2, 0.25) is 0 Å². The van der Waals surface area contributed by atoms with E-state index in [0.717, 1.165) is 6.54 Å². The van der Waals surface area contributed by atoms with Gasteiger partial charge < -0.3 is 9.80 Å². The minimum Gasteiger partial charge on any atom is -0.338 e. The summed E-state index contributed by atoms with van der Waals surface area (Å²) in [6.45, 7) is 5.38. The van der Waals surface area contributed by atoms with E-state index < -0.39 is 0 Å². The first kappa shape index (κ1) is 18.6. The van der Waals surface area contributed by atoms with Crippen molar-refractivity contribution < 1.29 is 0 Å². The molecule has 0 aromatic heterocycles. The first-order chi connectivity index (χ1) is 11.1. The molecule has 1 heterocycles. The number of para-hydroxylation sites is 2. The van der Waals surface area contributed by atoms with Crippen molar-refractivity contribution in [2.24, 2.45) is 0 Å². The van der Waals surface area contributed by atoms with Gasteiger partial charge in [0.05, 0.1) is 11.4 Å². The zero-order valence-electron chi connectivity index (χ0n) is 14.3. The largest absolute Gasteiger partial charge is 0.338 e. The van der Waals surface area contributed by atoms with Crippen LogP contribution in [0.15, 0.2) is 58.3 Å². The summed E-state index contributed by atoms with van der Waals surface area (Å²) in [4.78, 5) is 7.41. The highest BCUT2D eigenvalue weighted by molar-refractivity contribution is 14.1. The van der Waals surface area contributed by atoms with Crippen molar-refractivity contribution in [3.8, 4) is 0 Å². The fourth-order valence-electron chi connectivity index (χ4n) is 2.41. The Morgan fingerprint density at radius 2 is 1.43 bits per heavy atom. The highest BCUT2D eigenvalue weighted by Gasteiger charge is 2.24. The van der Waals surface area contributed by atoms with E-state index in [4.69, 9.17) is 0 Å². The van der Waals surface area contributed by atoms with Crippen LogP contribution in [0.4, 0.5) is 11.4 Å². The number of rotatable bonds is 3. The molecule has 0 amide bonds. The van der Waals surface area contributed by atoms with Crippen molar-refractivity contribution in [2.75, 3.05) is 30.0 Å². The lowest BCUT2D eigenvalue weighted by Gasteiger charge is -2.36. The first-order valence-electron chi connectivity index (χ1n) is 7.94. The van der Waals surface area contributed by atoms with E-state index in [1.54, 1.807) is 0 Å². The van der Waals surface area contributed by atoms with Gasteiger partial charge in [0.15, 0.2) is 0 Å². The van der Waals surface area contributed by atoms with Crippen LogP contribution in [0.3, 0.4) is 0 Å². The Hall–Kier alpha value is -0.720. The Bertz CT molecular complexity index is 585. The van der Waals surface area contributed by atoms with Crippen LogP contribution < -0.4 is 4.90 Å². The lowest BCUT2D eigenvalue weighted by atomic mass is 10.2. The number of hydrogen-bond donors (Lipinski definition) is 0. The average Bonchev–Trinajstić information content (AvgIpc) is 2.55. The van der Waals surface area contributed by atoms with Gasteiger partial charge in [-0.2, -0.15) is 0 Å². The molecule has 2 aromatic rings. The van der Waals surface area contributed by atoms with E-state index in [1.807, 2.05) is 11.8 Å². The lowest BCUT2D eigenvalue weighted by molar-refractivity contribution is 0.319. The number of alkyl halides is 1. The van der Waals surface area contributed by atoms with Crippen LogP contribution in [0.1, 0.15) is 13.8 Å². The monoisotopic (exact) mass is 440 g/mol. The lowest BCUT2D eigenvalue weighted by Crippen LogP contribution is -2.37. The zero-order valence-corrected chi connectivity index (χ0v) is 17.3. The molecule has 0 spiro atoms. The van der Waals surface area contributed by atoms with Crippen molar-refractivity contribution in [3.05, 3.63) is 48.5 Å². The van der Waals surface area contributed by atoms with Crippen molar-refractivity contribution in [3.63, 3.8) is 0 Å². The van der Waals surface area contributed by atoms with Crippen LogP contribution in [0.25, 0.3) is 0 Å². The normalized spacial score (nSPS) is 13.7. The molecular formula is C19H25IN2S. The molecule has 2 aromatic carbocycles. The van der Waals surface area contributed by atoms with Crippen molar-refractivity contribution in [1.82, 2.24) is 4.90 Å². The van der Waals surface area contributed by atoms with Crippen molar-refractivity contribution >= 4 is 45.7 Å². The minimum absolute atomic E-state index is 0.499. The fourth-order valence-corrected chi connectivity index (χ4v) is 3.50. The van der Waals surface area contributed by atoms with Crippen LogP contribution in [0.2, 0.25) is 0 Å². The van der Waals surface area contributed by atoms with E-state index in [2.05, 4.69) is 109 Å². The second-order valence-electron chi connectivity index (χ2n) is 5.73. The maximum atomic E-state index is 2.45. The van der Waals surface area contributed by atoms with Crippen LogP contribution in [-0.4, -0.2) is 36.0 Å². The van der Waals surface area contributed by atoms with Gasteiger partial charge in [-0.25, -0.2) is 0 Å². The standard InChI is InChI=1S/C17H20N2S.C2H5I/c1-13(18(2)3)12-19-14-8-4-6-10-16(14)20-17-11-7-5-9-15(17)19;1-2-3/h4-11,13H,12H2,1-3H3;2H2,1H3. The predicted molar refractivity (Wildman–Crippen MR) is 112 cm³/mol. The van der Waals surface area contributed by atoms with Crippen molar-refractivity contribution in [2.45, 2.75) is 29.7 Å². The van der Waals surface area contributed by atoms with E-state index in [0.29, 0.717) is 6.04 Å². The summed E-state index contributed by atoms with van der Waals surface area (Å²) in [6.07, 6.45) is 0. The van der Waals surface area contributed by atoms with Crippen LogP contribution in [0.5, 0.6) is 0 Å². The minimum atomic E-state index is 0.499. The molecule has 0 fully saturated rings. The summed E-state index contributed by atoms with van der Waals surface area (Å²) >= 11 is 4.15. The number of benzene rings is 2. The summed E-state index contributed by atoms with van der Waals surface area (Å²) < 4.78 is 1.22. The molecule has 0 saturated heterocycles. The molecule has 0 radical (unpaired) electrons. The third-order valence-corrected chi connectivity index (χ3v) is 4.99. The number of halogens is 1. The van der Waals surface area contributed by atoms with E-state index in [-0.39, 0.29) is 0 Å². The van der Waals surface area contributed by atoms with E-state index in [9.17, 15) is 0 Å². The van der Waals surface area contributed by atoms with Crippen molar-refractivity contribution in [1.29, 1.82) is 0 Å². The molecule has 1 atom stereocenters. The molecule has 124 valence electrons. The van der Waals surface area contributed by atoms with Gasteiger partial charge in [0.1, 0.15) is 0 Å². The van der Waals surface area contributed by atoms with Crippen LogP contribution >= 0.6 is 34.4 Å². The van der Waals surface area contributed by atoms with Crippen LogP contribution in [0, 0.1) is 0 Å². The molecule has 2 nitrogen and oxygen atoms in total. The maximum absolute atomic E-state index is 2.45. The third-order valence-electron chi connectivity index (χ3n) is 3.86. The molecule has 1 aliphatic heterocycles. The molecule has 3 rings (SSSR count). The topological polar surface area (TPSA) is 6.48 Å². The molecule has 0 aliphatic carbocycles. The zero-order chi connectivity index (χ0) is 16.8. The maximum Gasteiger partial charge on any atom is 0.0553 e. The second kappa shape index (κ2) is 8.94. The molecule has 0 saturated carbocycles. The Morgan fingerprint density at radius 3 is 1.87 bits per heavy atom. The number of likely N-dealkylation sites (N-methyl/N-ethyl adjacent to an activating group) is 1. The molecule has 4 heteroatoms. The summed E-state index contributed by atoms with van der Waals surface area (Å²) in [7, 11) is 4.28. The highest BCUT2D eigenvalue weighted by atomic mass is 127. The smallest absolute Gasteiger partial charge is 0.0553 e. The predicted octanol–water partition coefficient (Wildman–Crippen LogP) is 5.68. The quantitative estimate of drug-likeness (QED) is 0.448. The Balaban J connectivity index is 0.000000595. The SMILES string of the molecule is CC(CN1c2ccccc2Sc2ccccc21)N(C)C.CCI. The molecule has 0 N–H and O–H groups in total. The van der Waals surface area contributed by atoms with Gasteiger partial charge in [0.25, 0.3) is 0 Å². The molecule has 0 bridgehead atoms. The molecule has 1 unspecified atom stereocenters. The fraction of sp³-hybridized carbons (Fsp3) is 0.368. The van der Waals surface area contributed by atoms with Gasteiger partial charge in [-0.1, -0.05) is 65.5 Å². The Morgan fingerprint density at radius 1 is 1.00 bits per heavy atom. The molecule has 23 heavy (non-hydrogen) atoms. The van der Waals surface area contributed by atoms with Gasteiger partial charge >= 0.3 is 0 Å². The first-order valence-corrected chi connectivity index (χ1v) is 10.3. The summed E-state index contributed by atoms with van der Waals surface area (Å²) in [5.41, 5.74) is 2.65. The third kappa shape index (κ3) is 4.64. The van der Waals surface area contributed by atoms with Gasteiger partial charge in [0, 0.05) is 22.4 Å². The summed E-state index contributed by atoms with van der Waals surface area (Å²) in [6, 6.07) is 17.9. The average molecular weight is 440 g/mol. The molecule has 1 aliphatic rings. The Labute approximate surface area is 158 Å². The van der Waals surface area contributed by atoms with Gasteiger partial charge in [-0.15, -0.1) is 0 Å². The summed E-state index contributed by atoms with van der Waals surface area (Å²) in [5, 5.41) is 0. The number of nitrogens with zero attached hydrogens (tertiary/aromatic N) is 2. The summed E-state index contributed by atoms with van der Waals surface area (Å²) in [5.74, 6) is 0. The van der Waals surface area contributed by atoms with Gasteiger partial charge in [-0.3, -0.25) is 0 Å². The Kier molecular flexibility index (Phi) is 7.24. The molecular weight excluding hydrogens is 415 g/mol. The number of fused-ring (bicyclic) bond motifs is 2. The number of anilines is 2. The van der Waals surface area contributed by atoms with Gasteiger partial charge in [-0.05, 0) is 49.7 Å². The highest BCUT2D eigenvalue weighted by Crippen LogP contribution is 2.47. The van der Waals surface area contributed by atoms with E-state index >= 15 is 0 Å². The second-order valence-corrected chi connectivity index (χ2v) is 8.34. The van der Waals surface area contributed by atoms with Crippen LogP contribution in [-0.2, 0) is 0 Å².